The molecule has 2 heterocycles. The molecule has 158 valence electrons. The van der Waals surface area contributed by atoms with Gasteiger partial charge in [-0.3, -0.25) is 14.5 Å². The van der Waals surface area contributed by atoms with E-state index < -0.39 is 0 Å². The molecule has 1 aromatic heterocycles. The molecule has 5 rings (SSSR count). The molecular weight excluding hydrogens is 418 g/mol. The van der Waals surface area contributed by atoms with Crippen molar-refractivity contribution in [1.82, 2.24) is 14.9 Å². The number of hydrogen-bond donors (Lipinski definition) is 0. The number of imide groups is 1. The van der Waals surface area contributed by atoms with Gasteiger partial charge in [-0.15, -0.1) is 0 Å². The number of halogens is 1. The van der Waals surface area contributed by atoms with Crippen molar-refractivity contribution in [2.24, 2.45) is 0 Å². The van der Waals surface area contributed by atoms with E-state index in [1.165, 1.54) is 11.2 Å². The Morgan fingerprint density at radius 1 is 0.968 bits per heavy atom. The second-order valence-electron chi connectivity index (χ2n) is 7.76. The van der Waals surface area contributed by atoms with Gasteiger partial charge in [0.15, 0.2) is 11.5 Å². The number of aromatic nitrogens is 2. The molecule has 1 fully saturated rings. The van der Waals surface area contributed by atoms with E-state index in [-0.39, 0.29) is 24.0 Å². The Morgan fingerprint density at radius 2 is 1.65 bits per heavy atom. The van der Waals surface area contributed by atoms with Gasteiger partial charge in [0.2, 0.25) is 0 Å². The molecule has 0 bridgehead atoms. The Morgan fingerprint density at radius 3 is 2.29 bits per heavy atom. The van der Waals surface area contributed by atoms with Crippen LogP contribution in [0.3, 0.4) is 0 Å². The fraction of sp³-hybridized carbons (Fsp3) is 0.304. The maximum absolute atomic E-state index is 12.8. The summed E-state index contributed by atoms with van der Waals surface area (Å²) in [6, 6.07) is 10.5. The van der Waals surface area contributed by atoms with Gasteiger partial charge in [0, 0.05) is 17.5 Å². The SMILES string of the molecule is COc1cc2ncnc(Cl)c2cc1OC1CCC(N2C(=O)c3ccccc3C2=O)CC1. The predicted octanol–water partition coefficient (Wildman–Crippen LogP) is 4.28. The monoisotopic (exact) mass is 437 g/mol. The number of amides is 2. The van der Waals surface area contributed by atoms with Crippen LogP contribution in [0.1, 0.15) is 46.4 Å². The molecule has 2 aromatic carbocycles. The second kappa shape index (κ2) is 7.81. The van der Waals surface area contributed by atoms with Gasteiger partial charge < -0.3 is 9.47 Å². The zero-order valence-corrected chi connectivity index (χ0v) is 17.6. The van der Waals surface area contributed by atoms with Crippen LogP contribution in [0.2, 0.25) is 5.15 Å². The number of hydrogen-bond acceptors (Lipinski definition) is 6. The van der Waals surface area contributed by atoms with Gasteiger partial charge in [-0.05, 0) is 43.9 Å². The van der Waals surface area contributed by atoms with E-state index in [1.807, 2.05) is 0 Å². The van der Waals surface area contributed by atoms with Crippen molar-refractivity contribution in [3.05, 3.63) is 59.0 Å². The molecule has 0 spiro atoms. The van der Waals surface area contributed by atoms with Crippen LogP contribution >= 0.6 is 11.6 Å². The van der Waals surface area contributed by atoms with Crippen molar-refractivity contribution in [1.29, 1.82) is 0 Å². The summed E-state index contributed by atoms with van der Waals surface area (Å²) in [5.74, 6) is 0.757. The molecule has 1 aliphatic carbocycles. The molecular formula is C23H20ClN3O4. The largest absolute Gasteiger partial charge is 0.493 e. The van der Waals surface area contributed by atoms with E-state index in [0.717, 1.165) is 12.8 Å². The number of methoxy groups -OCH3 is 1. The molecule has 0 saturated heterocycles. The third-order valence-electron chi connectivity index (χ3n) is 6.00. The van der Waals surface area contributed by atoms with Crippen LogP contribution in [0.15, 0.2) is 42.7 Å². The molecule has 0 unspecified atom stereocenters. The highest BCUT2D eigenvalue weighted by Gasteiger charge is 2.41. The van der Waals surface area contributed by atoms with Crippen LogP contribution in [0, 0.1) is 0 Å². The Balaban J connectivity index is 1.30. The third-order valence-corrected chi connectivity index (χ3v) is 6.30. The van der Waals surface area contributed by atoms with Crippen molar-refractivity contribution in [2.75, 3.05) is 7.11 Å². The molecule has 0 radical (unpaired) electrons. The molecule has 0 atom stereocenters. The fourth-order valence-corrected chi connectivity index (χ4v) is 4.62. The van der Waals surface area contributed by atoms with E-state index in [1.54, 1.807) is 43.5 Å². The lowest BCUT2D eigenvalue weighted by Crippen LogP contribution is -2.43. The van der Waals surface area contributed by atoms with Crippen molar-refractivity contribution >= 4 is 34.3 Å². The Labute approximate surface area is 183 Å². The topological polar surface area (TPSA) is 81.6 Å². The van der Waals surface area contributed by atoms with E-state index in [9.17, 15) is 9.59 Å². The third kappa shape index (κ3) is 3.39. The summed E-state index contributed by atoms with van der Waals surface area (Å²) in [6.07, 6.45) is 4.18. The van der Waals surface area contributed by atoms with Gasteiger partial charge >= 0.3 is 0 Å². The number of fused-ring (bicyclic) bond motifs is 2. The van der Waals surface area contributed by atoms with Crippen molar-refractivity contribution in [3.63, 3.8) is 0 Å². The molecule has 1 aliphatic heterocycles. The van der Waals surface area contributed by atoms with Crippen LogP contribution < -0.4 is 9.47 Å². The summed E-state index contributed by atoms with van der Waals surface area (Å²) in [7, 11) is 1.58. The highest BCUT2D eigenvalue weighted by Crippen LogP contribution is 2.37. The smallest absolute Gasteiger partial charge is 0.261 e. The van der Waals surface area contributed by atoms with Crippen molar-refractivity contribution in [3.8, 4) is 11.5 Å². The molecule has 0 N–H and O–H groups in total. The van der Waals surface area contributed by atoms with Crippen LogP contribution in [-0.4, -0.2) is 45.9 Å². The summed E-state index contributed by atoms with van der Waals surface area (Å²) in [5, 5.41) is 1.05. The lowest BCUT2D eigenvalue weighted by molar-refractivity contribution is 0.0476. The molecule has 8 heteroatoms. The standard InChI is InChI=1S/C23H20ClN3O4/c1-30-19-11-18-17(21(24)26-12-25-18)10-20(19)31-14-8-6-13(7-9-14)27-22(28)15-4-2-3-5-16(15)23(27)29/h2-5,10-14H,6-9H2,1H3. The number of nitrogens with zero attached hydrogens (tertiary/aromatic N) is 3. The lowest BCUT2D eigenvalue weighted by Gasteiger charge is -2.33. The first-order valence-corrected chi connectivity index (χ1v) is 10.6. The molecule has 7 nitrogen and oxygen atoms in total. The van der Waals surface area contributed by atoms with E-state index in [0.29, 0.717) is 51.5 Å². The summed E-state index contributed by atoms with van der Waals surface area (Å²) in [5.41, 5.74) is 1.66. The zero-order chi connectivity index (χ0) is 21.5. The second-order valence-corrected chi connectivity index (χ2v) is 8.12. The minimum Gasteiger partial charge on any atom is -0.493 e. The highest BCUT2D eigenvalue weighted by atomic mass is 35.5. The number of rotatable bonds is 4. The summed E-state index contributed by atoms with van der Waals surface area (Å²) >= 11 is 6.21. The first kappa shape index (κ1) is 19.8. The maximum Gasteiger partial charge on any atom is 0.261 e. The zero-order valence-electron chi connectivity index (χ0n) is 16.9. The lowest BCUT2D eigenvalue weighted by atomic mass is 9.91. The fourth-order valence-electron chi connectivity index (χ4n) is 4.42. The molecule has 31 heavy (non-hydrogen) atoms. The first-order valence-electron chi connectivity index (χ1n) is 10.2. The Bertz CT molecular complexity index is 1160. The minimum absolute atomic E-state index is 0.0545. The van der Waals surface area contributed by atoms with E-state index in [2.05, 4.69) is 9.97 Å². The summed E-state index contributed by atoms with van der Waals surface area (Å²) < 4.78 is 11.7. The first-order chi connectivity index (χ1) is 15.1. The molecule has 1 saturated carbocycles. The summed E-state index contributed by atoms with van der Waals surface area (Å²) in [4.78, 5) is 35.2. The van der Waals surface area contributed by atoms with Crippen LogP contribution in [0.25, 0.3) is 10.9 Å². The Hall–Kier alpha value is -3.19. The van der Waals surface area contributed by atoms with Crippen molar-refractivity contribution in [2.45, 2.75) is 37.8 Å². The van der Waals surface area contributed by atoms with Gasteiger partial charge in [0.05, 0.1) is 29.9 Å². The molecule has 3 aromatic rings. The number of carbonyl (C=O) groups excluding carboxylic acids is 2. The quantitative estimate of drug-likeness (QED) is 0.447. The maximum atomic E-state index is 12.8. The van der Waals surface area contributed by atoms with Gasteiger partial charge in [-0.25, -0.2) is 9.97 Å². The highest BCUT2D eigenvalue weighted by molar-refractivity contribution is 6.34. The molecule has 2 aliphatic rings. The average Bonchev–Trinajstić information content (AvgIpc) is 3.05. The van der Waals surface area contributed by atoms with E-state index >= 15 is 0 Å². The van der Waals surface area contributed by atoms with E-state index in [4.69, 9.17) is 21.1 Å². The minimum atomic E-state index is -0.198. The van der Waals surface area contributed by atoms with Crippen LogP contribution in [0.4, 0.5) is 0 Å². The normalized spacial score (nSPS) is 20.8. The predicted molar refractivity (Wildman–Crippen MR) is 115 cm³/mol. The van der Waals surface area contributed by atoms with Gasteiger partial charge in [0.1, 0.15) is 11.5 Å². The van der Waals surface area contributed by atoms with Gasteiger partial charge in [-0.2, -0.15) is 0 Å². The van der Waals surface area contributed by atoms with Crippen LogP contribution in [0.5, 0.6) is 11.5 Å². The molecule has 2 amide bonds. The Kier molecular flexibility index (Phi) is 4.98. The number of ether oxygens (including phenoxy) is 2. The van der Waals surface area contributed by atoms with Gasteiger partial charge in [0.25, 0.3) is 11.8 Å². The van der Waals surface area contributed by atoms with Crippen LogP contribution in [-0.2, 0) is 0 Å². The van der Waals surface area contributed by atoms with Crippen molar-refractivity contribution < 1.29 is 19.1 Å². The van der Waals surface area contributed by atoms with Gasteiger partial charge in [-0.1, -0.05) is 23.7 Å². The number of carbonyl (C=O) groups is 2. The summed E-state index contributed by atoms with van der Waals surface area (Å²) in [6.45, 7) is 0. The average molecular weight is 438 g/mol. The number of benzene rings is 2.